The van der Waals surface area contributed by atoms with Gasteiger partial charge < -0.3 is 4.90 Å². The van der Waals surface area contributed by atoms with Crippen molar-refractivity contribution in [2.75, 3.05) is 12.4 Å². The summed E-state index contributed by atoms with van der Waals surface area (Å²) >= 11 is 5.68. The lowest BCUT2D eigenvalue weighted by atomic mass is 10.1. The van der Waals surface area contributed by atoms with E-state index < -0.39 is 0 Å². The van der Waals surface area contributed by atoms with Crippen LogP contribution in [0.4, 0.5) is 0 Å². The topological polar surface area (TPSA) is 20.3 Å². The van der Waals surface area contributed by atoms with Crippen LogP contribution in [0.3, 0.4) is 0 Å². The number of hydrogen-bond donors (Lipinski definition) is 0. The number of halogens is 1. The second-order valence-electron chi connectivity index (χ2n) is 4.53. The summed E-state index contributed by atoms with van der Waals surface area (Å²) in [5, 5.41) is 0. The highest BCUT2D eigenvalue weighted by molar-refractivity contribution is 6.19. The molecule has 1 amide bonds. The first-order chi connectivity index (χ1) is 6.40. The first-order valence-corrected chi connectivity index (χ1v) is 5.80. The first kappa shape index (κ1) is 13.8. The molecule has 14 heavy (non-hydrogen) atoms. The van der Waals surface area contributed by atoms with Gasteiger partial charge in [-0.2, -0.15) is 0 Å². The Hall–Kier alpha value is -0.240. The third kappa shape index (κ3) is 4.32. The Bertz CT molecular complexity index is 180. The lowest BCUT2D eigenvalue weighted by Crippen LogP contribution is -2.42. The lowest BCUT2D eigenvalue weighted by molar-refractivity contribution is -0.136. The number of alkyl halides is 1. The molecule has 0 aliphatic carbocycles. The molecule has 0 radical (unpaired) electrons. The summed E-state index contributed by atoms with van der Waals surface area (Å²) in [5.74, 6) is 1.01. The number of carbonyl (C=O) groups excluding carboxylic acids is 1. The third-order valence-corrected chi connectivity index (χ3v) is 2.58. The molecule has 1 unspecified atom stereocenters. The van der Waals surface area contributed by atoms with Gasteiger partial charge >= 0.3 is 0 Å². The van der Waals surface area contributed by atoms with E-state index in [2.05, 4.69) is 13.8 Å². The molecule has 1 atom stereocenters. The molecule has 0 bridgehead atoms. The van der Waals surface area contributed by atoms with E-state index in [1.165, 1.54) is 0 Å². The standard InChI is InChI=1S/C11H22ClNO/c1-8(2)7-13(9(3)4)11(14)10(5)6-12/h8-10H,6-7H2,1-5H3. The van der Waals surface area contributed by atoms with Gasteiger partial charge in [-0.1, -0.05) is 20.8 Å². The Morgan fingerprint density at radius 3 is 2.00 bits per heavy atom. The van der Waals surface area contributed by atoms with E-state index >= 15 is 0 Å². The van der Waals surface area contributed by atoms with Gasteiger partial charge in [-0.3, -0.25) is 4.79 Å². The van der Waals surface area contributed by atoms with Crippen LogP contribution in [0.1, 0.15) is 34.6 Å². The molecule has 0 rings (SSSR count). The zero-order valence-corrected chi connectivity index (χ0v) is 10.6. The van der Waals surface area contributed by atoms with Crippen molar-refractivity contribution in [3.05, 3.63) is 0 Å². The summed E-state index contributed by atoms with van der Waals surface area (Å²) in [6, 6.07) is 0.260. The highest BCUT2D eigenvalue weighted by Crippen LogP contribution is 2.11. The molecule has 84 valence electrons. The van der Waals surface area contributed by atoms with Crippen molar-refractivity contribution in [2.45, 2.75) is 40.7 Å². The summed E-state index contributed by atoms with van der Waals surface area (Å²) in [7, 11) is 0. The second kappa shape index (κ2) is 6.28. The van der Waals surface area contributed by atoms with Gasteiger partial charge in [0.15, 0.2) is 0 Å². The van der Waals surface area contributed by atoms with Gasteiger partial charge in [0, 0.05) is 24.4 Å². The van der Waals surface area contributed by atoms with Crippen molar-refractivity contribution in [3.8, 4) is 0 Å². The Kier molecular flexibility index (Phi) is 6.17. The normalized spacial score (nSPS) is 13.4. The molecular formula is C11H22ClNO. The van der Waals surface area contributed by atoms with Crippen LogP contribution in [0.2, 0.25) is 0 Å². The maximum Gasteiger partial charge on any atom is 0.226 e. The average molecular weight is 220 g/mol. The SMILES string of the molecule is CC(C)CN(C(=O)C(C)CCl)C(C)C. The predicted molar refractivity (Wildman–Crippen MR) is 61.6 cm³/mol. The second-order valence-corrected chi connectivity index (χ2v) is 4.84. The molecule has 0 aromatic heterocycles. The van der Waals surface area contributed by atoms with Gasteiger partial charge in [0.1, 0.15) is 0 Å². The Morgan fingerprint density at radius 1 is 1.21 bits per heavy atom. The number of rotatable bonds is 5. The number of nitrogens with zero attached hydrogens (tertiary/aromatic N) is 1. The maximum absolute atomic E-state index is 11.9. The fourth-order valence-electron chi connectivity index (χ4n) is 1.30. The molecule has 0 N–H and O–H groups in total. The van der Waals surface area contributed by atoms with Crippen LogP contribution in [0.25, 0.3) is 0 Å². The molecule has 3 heteroatoms. The maximum atomic E-state index is 11.9. The van der Waals surface area contributed by atoms with Gasteiger partial charge in [0.05, 0.1) is 0 Å². The van der Waals surface area contributed by atoms with Crippen molar-refractivity contribution in [2.24, 2.45) is 11.8 Å². The summed E-state index contributed by atoms with van der Waals surface area (Å²) in [4.78, 5) is 13.8. The molecule has 0 aliphatic heterocycles. The van der Waals surface area contributed by atoms with Gasteiger partial charge in [-0.15, -0.1) is 11.6 Å². The van der Waals surface area contributed by atoms with E-state index in [4.69, 9.17) is 11.6 Å². The van der Waals surface area contributed by atoms with Gasteiger partial charge in [0.25, 0.3) is 0 Å². The summed E-state index contributed by atoms with van der Waals surface area (Å²) < 4.78 is 0. The third-order valence-electron chi connectivity index (χ3n) is 2.12. The molecule has 0 aliphatic rings. The fraction of sp³-hybridized carbons (Fsp3) is 0.909. The van der Waals surface area contributed by atoms with Crippen LogP contribution in [0.5, 0.6) is 0 Å². The molecule has 0 saturated heterocycles. The summed E-state index contributed by atoms with van der Waals surface area (Å²) in [6.45, 7) is 11.0. The Morgan fingerprint density at radius 2 is 1.71 bits per heavy atom. The smallest absolute Gasteiger partial charge is 0.226 e. The van der Waals surface area contributed by atoms with Crippen LogP contribution in [0.15, 0.2) is 0 Å². The largest absolute Gasteiger partial charge is 0.340 e. The summed E-state index contributed by atoms with van der Waals surface area (Å²) in [5.41, 5.74) is 0. The average Bonchev–Trinajstić information content (AvgIpc) is 2.11. The van der Waals surface area contributed by atoms with Crippen LogP contribution in [0, 0.1) is 11.8 Å². The van der Waals surface area contributed by atoms with Crippen molar-refractivity contribution >= 4 is 17.5 Å². The fourth-order valence-corrected chi connectivity index (χ4v) is 1.43. The number of hydrogen-bond acceptors (Lipinski definition) is 1. The van der Waals surface area contributed by atoms with Crippen molar-refractivity contribution in [1.29, 1.82) is 0 Å². The van der Waals surface area contributed by atoms with E-state index in [1.54, 1.807) is 0 Å². The van der Waals surface area contributed by atoms with E-state index in [0.29, 0.717) is 11.8 Å². The molecule has 0 aromatic carbocycles. The molecule has 0 spiro atoms. The minimum atomic E-state index is -0.0715. The van der Waals surface area contributed by atoms with Crippen molar-refractivity contribution in [1.82, 2.24) is 4.90 Å². The minimum Gasteiger partial charge on any atom is -0.340 e. The molecule has 0 fully saturated rings. The van der Waals surface area contributed by atoms with Crippen LogP contribution in [-0.2, 0) is 4.79 Å². The van der Waals surface area contributed by atoms with Crippen LogP contribution < -0.4 is 0 Å². The van der Waals surface area contributed by atoms with E-state index in [1.807, 2.05) is 25.7 Å². The van der Waals surface area contributed by atoms with Gasteiger partial charge in [-0.25, -0.2) is 0 Å². The molecule has 0 heterocycles. The van der Waals surface area contributed by atoms with Crippen LogP contribution in [-0.4, -0.2) is 29.3 Å². The number of carbonyl (C=O) groups is 1. The summed E-state index contributed by atoms with van der Waals surface area (Å²) in [6.07, 6.45) is 0. The zero-order chi connectivity index (χ0) is 11.3. The van der Waals surface area contributed by atoms with Crippen LogP contribution >= 0.6 is 11.6 Å². The highest BCUT2D eigenvalue weighted by atomic mass is 35.5. The van der Waals surface area contributed by atoms with Crippen molar-refractivity contribution in [3.63, 3.8) is 0 Å². The van der Waals surface area contributed by atoms with E-state index in [0.717, 1.165) is 6.54 Å². The molecule has 0 aromatic rings. The van der Waals surface area contributed by atoms with E-state index in [9.17, 15) is 4.79 Å². The zero-order valence-electron chi connectivity index (χ0n) is 9.88. The number of amides is 1. The van der Waals surface area contributed by atoms with Crippen molar-refractivity contribution < 1.29 is 4.79 Å². The van der Waals surface area contributed by atoms with Gasteiger partial charge in [0.2, 0.25) is 5.91 Å². The lowest BCUT2D eigenvalue weighted by Gasteiger charge is -2.30. The first-order valence-electron chi connectivity index (χ1n) is 5.26. The molecular weight excluding hydrogens is 198 g/mol. The Labute approximate surface area is 92.6 Å². The molecule has 2 nitrogen and oxygen atoms in total. The quantitative estimate of drug-likeness (QED) is 0.652. The molecule has 0 saturated carbocycles. The Balaban J connectivity index is 4.41. The van der Waals surface area contributed by atoms with Gasteiger partial charge in [-0.05, 0) is 19.8 Å². The highest BCUT2D eigenvalue weighted by Gasteiger charge is 2.22. The predicted octanol–water partition coefficient (Wildman–Crippen LogP) is 2.75. The monoisotopic (exact) mass is 219 g/mol. The van der Waals surface area contributed by atoms with E-state index in [-0.39, 0.29) is 17.9 Å². The minimum absolute atomic E-state index is 0.0715.